The molecule has 1 aromatic carbocycles. The molecule has 1 rings (SSSR count). The molecule has 2 heteroatoms. The lowest BCUT2D eigenvalue weighted by molar-refractivity contribution is 0.0993. The molecule has 27 heavy (non-hydrogen) atoms. The van der Waals surface area contributed by atoms with Crippen LogP contribution in [0.1, 0.15) is 108 Å². The van der Waals surface area contributed by atoms with Crippen molar-refractivity contribution in [3.63, 3.8) is 0 Å². The maximum atomic E-state index is 12.9. The van der Waals surface area contributed by atoms with Gasteiger partial charge in [-0.05, 0) is 43.5 Å². The number of benzene rings is 1. The van der Waals surface area contributed by atoms with Gasteiger partial charge in [0.1, 0.15) is 11.5 Å². The van der Waals surface area contributed by atoms with Gasteiger partial charge in [-0.3, -0.25) is 4.79 Å². The van der Waals surface area contributed by atoms with Crippen LogP contribution in [0.3, 0.4) is 0 Å². The summed E-state index contributed by atoms with van der Waals surface area (Å²) >= 11 is 0. The largest absolute Gasteiger partial charge is 0.289 e. The molecule has 0 fully saturated rings. The van der Waals surface area contributed by atoms with E-state index in [0.29, 0.717) is 5.78 Å². The van der Waals surface area contributed by atoms with Gasteiger partial charge in [0.2, 0.25) is 5.78 Å². The van der Waals surface area contributed by atoms with Crippen molar-refractivity contribution >= 4 is 16.7 Å². The van der Waals surface area contributed by atoms with E-state index in [1.165, 1.54) is 88.6 Å². The molecule has 0 saturated heterocycles. The van der Waals surface area contributed by atoms with Gasteiger partial charge >= 0.3 is 0 Å². The number of carbonyl (C=O) groups excluding carboxylic acids is 1. The van der Waals surface area contributed by atoms with E-state index in [2.05, 4.69) is 20.8 Å². The van der Waals surface area contributed by atoms with Gasteiger partial charge in [0.15, 0.2) is 5.25 Å². The molecule has 0 aliphatic rings. The number of carbonyl (C=O) groups is 1. The normalized spacial score (nSPS) is 12.4. The molecule has 0 aliphatic carbocycles. The van der Waals surface area contributed by atoms with Crippen molar-refractivity contribution in [3.8, 4) is 0 Å². The van der Waals surface area contributed by atoms with Gasteiger partial charge < -0.3 is 0 Å². The average molecular weight is 392 g/mol. The van der Waals surface area contributed by atoms with E-state index >= 15 is 0 Å². The van der Waals surface area contributed by atoms with Crippen LogP contribution >= 0.6 is 0 Å². The fraction of sp³-hybridized carbons (Fsp3) is 0.720. The number of hydrogen-bond donors (Lipinski definition) is 0. The van der Waals surface area contributed by atoms with Crippen molar-refractivity contribution in [2.45, 2.75) is 103 Å². The Balaban J connectivity index is 2.48. The summed E-state index contributed by atoms with van der Waals surface area (Å²) in [6.07, 6.45) is 16.1. The van der Waals surface area contributed by atoms with Crippen molar-refractivity contribution in [1.82, 2.24) is 0 Å². The summed E-state index contributed by atoms with van der Waals surface area (Å²) < 4.78 is 0. The minimum atomic E-state index is 0.179. The van der Waals surface area contributed by atoms with Gasteiger partial charge in [0.05, 0.1) is 0 Å². The Kier molecular flexibility index (Phi) is 14.6. The second-order valence-corrected chi connectivity index (χ2v) is 10.5. The van der Waals surface area contributed by atoms with Crippen molar-refractivity contribution in [3.05, 3.63) is 35.9 Å². The van der Waals surface area contributed by atoms with E-state index in [0.717, 1.165) is 5.56 Å². The summed E-state index contributed by atoms with van der Waals surface area (Å²) in [4.78, 5) is 12.9. The van der Waals surface area contributed by atoms with E-state index < -0.39 is 0 Å². The predicted octanol–water partition coefficient (Wildman–Crippen LogP) is 7.60. The molecule has 0 radical (unpaired) electrons. The van der Waals surface area contributed by atoms with Crippen LogP contribution in [-0.4, -0.2) is 22.5 Å². The molecule has 0 saturated carbocycles. The van der Waals surface area contributed by atoms with E-state index in [9.17, 15) is 4.79 Å². The molecular weight excluding hydrogens is 348 g/mol. The molecule has 1 nitrogen and oxygen atoms in total. The van der Waals surface area contributed by atoms with E-state index in [1.807, 2.05) is 30.3 Å². The van der Waals surface area contributed by atoms with Crippen LogP contribution in [0, 0.1) is 0 Å². The van der Waals surface area contributed by atoms with Crippen molar-refractivity contribution in [2.24, 2.45) is 0 Å². The molecule has 0 aliphatic heterocycles. The highest BCUT2D eigenvalue weighted by Crippen LogP contribution is 2.19. The standard InChI is InChI=1S/C25H43OS/c1-4-6-8-10-12-17-21-27(22-18-13-11-9-7-5-2)23(3)25(26)24-19-15-14-16-20-24/h14-16,19-20,23H,4-13,17-18,21-22H2,1-3H3/q+1. The highest BCUT2D eigenvalue weighted by Gasteiger charge is 2.32. The Morgan fingerprint density at radius 1 is 0.741 bits per heavy atom. The molecule has 0 amide bonds. The highest BCUT2D eigenvalue weighted by molar-refractivity contribution is 7.98. The molecule has 0 N–H and O–H groups in total. The predicted molar refractivity (Wildman–Crippen MR) is 124 cm³/mol. The van der Waals surface area contributed by atoms with Gasteiger partial charge in [-0.2, -0.15) is 0 Å². The lowest BCUT2D eigenvalue weighted by Crippen LogP contribution is -2.32. The summed E-state index contributed by atoms with van der Waals surface area (Å²) in [6.45, 7) is 6.73. The summed E-state index contributed by atoms with van der Waals surface area (Å²) in [5.74, 6) is 2.86. The van der Waals surface area contributed by atoms with Gasteiger partial charge in [-0.15, -0.1) is 0 Å². The van der Waals surface area contributed by atoms with Crippen LogP contribution in [-0.2, 0) is 10.9 Å². The molecule has 1 unspecified atom stereocenters. The van der Waals surface area contributed by atoms with Crippen LogP contribution < -0.4 is 0 Å². The number of unbranched alkanes of at least 4 members (excludes halogenated alkanes) is 10. The van der Waals surface area contributed by atoms with Gasteiger partial charge in [-0.25, -0.2) is 0 Å². The van der Waals surface area contributed by atoms with E-state index in [1.54, 1.807) is 0 Å². The molecular formula is C25H43OS+. The Labute approximate surface area is 172 Å². The monoisotopic (exact) mass is 391 g/mol. The van der Waals surface area contributed by atoms with E-state index in [4.69, 9.17) is 0 Å². The second kappa shape index (κ2) is 16.2. The molecule has 0 heterocycles. The first kappa shape index (κ1) is 24.3. The van der Waals surface area contributed by atoms with Crippen LogP contribution in [0.2, 0.25) is 0 Å². The molecule has 1 atom stereocenters. The Morgan fingerprint density at radius 2 is 1.19 bits per heavy atom. The van der Waals surface area contributed by atoms with Gasteiger partial charge in [-0.1, -0.05) is 95.5 Å². The SMILES string of the molecule is CCCCCCCC[S+](CCCCCCCC)C(C)C(=O)c1ccccc1. The minimum absolute atomic E-state index is 0.179. The zero-order valence-electron chi connectivity index (χ0n) is 18.2. The van der Waals surface area contributed by atoms with Crippen molar-refractivity contribution < 1.29 is 4.79 Å². The van der Waals surface area contributed by atoms with Crippen LogP contribution in [0.25, 0.3) is 0 Å². The summed E-state index contributed by atoms with van der Waals surface area (Å²) in [7, 11) is 0.236. The third kappa shape index (κ3) is 11.0. The summed E-state index contributed by atoms with van der Waals surface area (Å²) in [6, 6.07) is 9.93. The maximum absolute atomic E-state index is 12.9. The van der Waals surface area contributed by atoms with E-state index in [-0.39, 0.29) is 16.1 Å². The Hall–Kier alpha value is -0.760. The Bertz CT molecular complexity index is 454. The van der Waals surface area contributed by atoms with Crippen molar-refractivity contribution in [2.75, 3.05) is 11.5 Å². The van der Waals surface area contributed by atoms with Crippen LogP contribution in [0.4, 0.5) is 0 Å². The van der Waals surface area contributed by atoms with Crippen LogP contribution in [0.5, 0.6) is 0 Å². The van der Waals surface area contributed by atoms with Crippen molar-refractivity contribution in [1.29, 1.82) is 0 Å². The first-order valence-electron chi connectivity index (χ1n) is 11.5. The number of ketones is 1. The quantitative estimate of drug-likeness (QED) is 0.152. The van der Waals surface area contributed by atoms with Gasteiger partial charge in [0, 0.05) is 5.56 Å². The highest BCUT2D eigenvalue weighted by atomic mass is 32.2. The number of Topliss-reactive ketones (excluding diaryl/α,β-unsaturated/α-hetero) is 1. The molecule has 0 aromatic heterocycles. The fourth-order valence-corrected chi connectivity index (χ4v) is 6.08. The maximum Gasteiger partial charge on any atom is 0.214 e. The molecule has 1 aromatic rings. The first-order chi connectivity index (χ1) is 13.2. The number of rotatable bonds is 17. The third-order valence-electron chi connectivity index (χ3n) is 5.45. The minimum Gasteiger partial charge on any atom is -0.289 e. The average Bonchev–Trinajstić information content (AvgIpc) is 2.71. The zero-order valence-corrected chi connectivity index (χ0v) is 19.0. The number of hydrogen-bond acceptors (Lipinski definition) is 1. The lowest BCUT2D eigenvalue weighted by Gasteiger charge is -2.16. The molecule has 154 valence electrons. The van der Waals surface area contributed by atoms with Gasteiger partial charge in [0.25, 0.3) is 0 Å². The lowest BCUT2D eigenvalue weighted by atomic mass is 10.1. The smallest absolute Gasteiger partial charge is 0.214 e. The Morgan fingerprint density at radius 3 is 1.67 bits per heavy atom. The second-order valence-electron chi connectivity index (χ2n) is 7.85. The fourth-order valence-electron chi connectivity index (χ4n) is 3.58. The topological polar surface area (TPSA) is 17.1 Å². The zero-order chi connectivity index (χ0) is 19.7. The first-order valence-corrected chi connectivity index (χ1v) is 13.1. The van der Waals surface area contributed by atoms with Crippen LogP contribution in [0.15, 0.2) is 30.3 Å². The summed E-state index contributed by atoms with van der Waals surface area (Å²) in [5, 5.41) is 0.179. The summed E-state index contributed by atoms with van der Waals surface area (Å²) in [5.41, 5.74) is 0.897. The molecule has 0 bridgehead atoms. The molecule has 0 spiro atoms. The third-order valence-corrected chi connectivity index (χ3v) is 8.29.